The van der Waals surface area contributed by atoms with E-state index in [1.165, 1.54) is 0 Å². The Labute approximate surface area is 167 Å². The second-order valence-electron chi connectivity index (χ2n) is 6.72. The molecular formula is C21H22BrN3O2. The van der Waals surface area contributed by atoms with Gasteiger partial charge in [0, 0.05) is 54.1 Å². The van der Waals surface area contributed by atoms with E-state index in [2.05, 4.69) is 45.1 Å². The summed E-state index contributed by atoms with van der Waals surface area (Å²) in [7, 11) is 1.68. The number of hydrogen-bond acceptors (Lipinski definition) is 3. The van der Waals surface area contributed by atoms with Crippen molar-refractivity contribution in [3.8, 4) is 5.75 Å². The predicted molar refractivity (Wildman–Crippen MR) is 111 cm³/mol. The van der Waals surface area contributed by atoms with Gasteiger partial charge in [-0.25, -0.2) is 0 Å². The molecule has 0 radical (unpaired) electrons. The number of fused-ring (bicyclic) bond motifs is 1. The number of nitrogens with zero attached hydrogens (tertiary/aromatic N) is 3. The molecule has 2 heterocycles. The number of amides is 1. The molecule has 1 amide bonds. The smallest absolute Gasteiger partial charge is 0.242 e. The van der Waals surface area contributed by atoms with E-state index in [1.54, 1.807) is 7.11 Å². The molecule has 0 spiro atoms. The zero-order chi connectivity index (χ0) is 18.8. The largest absolute Gasteiger partial charge is 0.497 e. The number of anilines is 1. The molecular weight excluding hydrogens is 406 g/mol. The first-order valence-electron chi connectivity index (χ1n) is 9.05. The first-order valence-corrected chi connectivity index (χ1v) is 9.84. The standard InChI is InChI=1S/C21H22BrN3O2/c1-27-19-4-2-3-18(14-19)23-9-11-24(12-10-23)21(26)15-25-8-7-16-5-6-17(22)13-20(16)25/h2-8,13-14H,9-12,15H2,1H3. The van der Waals surface area contributed by atoms with Crippen molar-refractivity contribution in [1.82, 2.24) is 9.47 Å². The summed E-state index contributed by atoms with van der Waals surface area (Å²) in [6.07, 6.45) is 1.99. The van der Waals surface area contributed by atoms with Crippen LogP contribution in [0.3, 0.4) is 0 Å². The highest BCUT2D eigenvalue weighted by molar-refractivity contribution is 9.10. The Hall–Kier alpha value is -2.47. The lowest BCUT2D eigenvalue weighted by Crippen LogP contribution is -2.49. The molecule has 1 aliphatic rings. The fourth-order valence-electron chi connectivity index (χ4n) is 3.56. The molecule has 0 bridgehead atoms. The molecule has 0 unspecified atom stereocenters. The molecule has 6 heteroatoms. The van der Waals surface area contributed by atoms with Crippen LogP contribution in [0.25, 0.3) is 10.9 Å². The molecule has 3 aromatic rings. The first-order chi connectivity index (χ1) is 13.1. The number of methoxy groups -OCH3 is 1. The van der Waals surface area contributed by atoms with Gasteiger partial charge in [-0.15, -0.1) is 0 Å². The summed E-state index contributed by atoms with van der Waals surface area (Å²) in [6.45, 7) is 3.50. The molecule has 0 N–H and O–H groups in total. The normalized spacial score (nSPS) is 14.6. The molecule has 2 aromatic carbocycles. The maximum absolute atomic E-state index is 12.8. The Balaban J connectivity index is 1.40. The lowest BCUT2D eigenvalue weighted by atomic mass is 10.2. The van der Waals surface area contributed by atoms with Crippen LogP contribution in [0.1, 0.15) is 0 Å². The van der Waals surface area contributed by atoms with Gasteiger partial charge in [0.05, 0.1) is 7.11 Å². The van der Waals surface area contributed by atoms with Crippen LogP contribution < -0.4 is 9.64 Å². The summed E-state index contributed by atoms with van der Waals surface area (Å²) in [5.41, 5.74) is 2.22. The molecule has 1 aromatic heterocycles. The number of carbonyl (C=O) groups excluding carboxylic acids is 1. The Bertz CT molecular complexity index is 961. The van der Waals surface area contributed by atoms with Crippen molar-refractivity contribution in [1.29, 1.82) is 0 Å². The number of benzene rings is 2. The van der Waals surface area contributed by atoms with Crippen LogP contribution in [0.15, 0.2) is 59.2 Å². The number of rotatable bonds is 4. The molecule has 1 saturated heterocycles. The molecule has 1 fully saturated rings. The monoisotopic (exact) mass is 427 g/mol. The predicted octanol–water partition coefficient (Wildman–Crippen LogP) is 3.76. The lowest BCUT2D eigenvalue weighted by Gasteiger charge is -2.36. The second-order valence-corrected chi connectivity index (χ2v) is 7.63. The summed E-state index contributed by atoms with van der Waals surface area (Å²) >= 11 is 3.51. The third kappa shape index (κ3) is 3.81. The highest BCUT2D eigenvalue weighted by Gasteiger charge is 2.22. The Kier molecular flexibility index (Phi) is 5.07. The highest BCUT2D eigenvalue weighted by Crippen LogP contribution is 2.23. The summed E-state index contributed by atoms with van der Waals surface area (Å²) in [4.78, 5) is 17.1. The van der Waals surface area contributed by atoms with Gasteiger partial charge in [0.25, 0.3) is 0 Å². The van der Waals surface area contributed by atoms with E-state index in [0.29, 0.717) is 6.54 Å². The molecule has 27 heavy (non-hydrogen) atoms. The van der Waals surface area contributed by atoms with E-state index in [4.69, 9.17) is 4.74 Å². The van der Waals surface area contributed by atoms with E-state index in [1.807, 2.05) is 39.9 Å². The number of carbonyl (C=O) groups is 1. The minimum Gasteiger partial charge on any atom is -0.497 e. The number of aromatic nitrogens is 1. The average Bonchev–Trinajstić information content (AvgIpc) is 3.10. The van der Waals surface area contributed by atoms with Crippen molar-refractivity contribution in [3.63, 3.8) is 0 Å². The van der Waals surface area contributed by atoms with Crippen molar-refractivity contribution in [2.45, 2.75) is 6.54 Å². The number of piperazine rings is 1. The van der Waals surface area contributed by atoms with Gasteiger partial charge in [0.15, 0.2) is 0 Å². The molecule has 4 rings (SSSR count). The minimum absolute atomic E-state index is 0.165. The molecule has 140 valence electrons. The van der Waals surface area contributed by atoms with Crippen LogP contribution in [-0.2, 0) is 11.3 Å². The van der Waals surface area contributed by atoms with Gasteiger partial charge >= 0.3 is 0 Å². The molecule has 1 aliphatic heterocycles. The van der Waals surface area contributed by atoms with Gasteiger partial charge in [0.1, 0.15) is 12.3 Å². The molecule has 0 saturated carbocycles. The van der Waals surface area contributed by atoms with Crippen molar-refractivity contribution >= 4 is 38.4 Å². The Morgan fingerprint density at radius 3 is 2.67 bits per heavy atom. The third-order valence-electron chi connectivity index (χ3n) is 5.09. The topological polar surface area (TPSA) is 37.7 Å². The van der Waals surface area contributed by atoms with Crippen LogP contribution in [0, 0.1) is 0 Å². The average molecular weight is 428 g/mol. The van der Waals surface area contributed by atoms with Crippen LogP contribution in [0.5, 0.6) is 5.75 Å². The van der Waals surface area contributed by atoms with E-state index in [-0.39, 0.29) is 5.91 Å². The van der Waals surface area contributed by atoms with Crippen molar-refractivity contribution < 1.29 is 9.53 Å². The highest BCUT2D eigenvalue weighted by atomic mass is 79.9. The van der Waals surface area contributed by atoms with E-state index in [9.17, 15) is 4.79 Å². The van der Waals surface area contributed by atoms with Crippen molar-refractivity contribution in [2.24, 2.45) is 0 Å². The van der Waals surface area contributed by atoms with Crippen molar-refractivity contribution in [3.05, 3.63) is 59.2 Å². The van der Waals surface area contributed by atoms with Crippen LogP contribution >= 0.6 is 15.9 Å². The van der Waals surface area contributed by atoms with Crippen LogP contribution in [0.2, 0.25) is 0 Å². The van der Waals surface area contributed by atoms with Gasteiger partial charge in [-0.3, -0.25) is 4.79 Å². The van der Waals surface area contributed by atoms with Crippen LogP contribution in [-0.4, -0.2) is 48.7 Å². The van der Waals surface area contributed by atoms with Gasteiger partial charge in [-0.1, -0.05) is 28.1 Å². The third-order valence-corrected chi connectivity index (χ3v) is 5.59. The Morgan fingerprint density at radius 2 is 1.89 bits per heavy atom. The van der Waals surface area contributed by atoms with Gasteiger partial charge in [0.2, 0.25) is 5.91 Å². The molecule has 0 atom stereocenters. The van der Waals surface area contributed by atoms with Crippen LogP contribution in [0.4, 0.5) is 5.69 Å². The fourth-order valence-corrected chi connectivity index (χ4v) is 3.91. The maximum Gasteiger partial charge on any atom is 0.242 e. The van der Waals surface area contributed by atoms with E-state index >= 15 is 0 Å². The van der Waals surface area contributed by atoms with Gasteiger partial charge in [-0.05, 0) is 35.7 Å². The fraction of sp³-hybridized carbons (Fsp3) is 0.286. The number of ether oxygens (including phenoxy) is 1. The summed E-state index contributed by atoms with van der Waals surface area (Å²) < 4.78 is 8.36. The second kappa shape index (κ2) is 7.64. The Morgan fingerprint density at radius 1 is 1.07 bits per heavy atom. The molecule has 5 nitrogen and oxygen atoms in total. The summed E-state index contributed by atoms with van der Waals surface area (Å²) in [5, 5.41) is 1.15. The maximum atomic E-state index is 12.8. The van der Waals surface area contributed by atoms with Crippen molar-refractivity contribution in [2.75, 3.05) is 38.2 Å². The SMILES string of the molecule is COc1cccc(N2CCN(C(=O)Cn3ccc4ccc(Br)cc43)CC2)c1. The number of hydrogen-bond donors (Lipinski definition) is 0. The minimum atomic E-state index is 0.165. The zero-order valence-corrected chi connectivity index (χ0v) is 16.9. The lowest BCUT2D eigenvalue weighted by molar-refractivity contribution is -0.132. The molecule has 0 aliphatic carbocycles. The zero-order valence-electron chi connectivity index (χ0n) is 15.3. The summed E-state index contributed by atoms with van der Waals surface area (Å²) in [5.74, 6) is 1.02. The quantitative estimate of drug-likeness (QED) is 0.635. The van der Waals surface area contributed by atoms with E-state index in [0.717, 1.165) is 53.0 Å². The summed E-state index contributed by atoms with van der Waals surface area (Å²) in [6, 6.07) is 16.3. The van der Waals surface area contributed by atoms with E-state index < -0.39 is 0 Å². The number of halogens is 1. The van der Waals surface area contributed by atoms with Gasteiger partial charge in [-0.2, -0.15) is 0 Å². The van der Waals surface area contributed by atoms with Gasteiger partial charge < -0.3 is 19.1 Å². The first kappa shape index (κ1) is 17.9.